The minimum Gasteiger partial charge on any atom is -0.497 e. The van der Waals surface area contributed by atoms with Crippen molar-refractivity contribution in [3.8, 4) is 16.3 Å². The van der Waals surface area contributed by atoms with Gasteiger partial charge in [-0.1, -0.05) is 24.3 Å². The minimum atomic E-state index is -0.0479. The summed E-state index contributed by atoms with van der Waals surface area (Å²) in [5.74, 6) is 0.830. The monoisotopic (exact) mass is 472 g/mol. The number of piperazine rings is 1. The molecule has 3 heterocycles. The number of ether oxygens (including phenoxy) is 1. The molecule has 1 aliphatic heterocycles. The molecule has 0 aliphatic carbocycles. The largest absolute Gasteiger partial charge is 0.497 e. The molecule has 1 fully saturated rings. The average molecular weight is 473 g/mol. The van der Waals surface area contributed by atoms with Crippen LogP contribution >= 0.6 is 11.3 Å². The van der Waals surface area contributed by atoms with Crippen molar-refractivity contribution in [2.45, 2.75) is 0 Å². The Kier molecular flexibility index (Phi) is 6.74. The smallest absolute Gasteiger partial charge is 0.252 e. The third-order valence-corrected chi connectivity index (χ3v) is 7.15. The van der Waals surface area contributed by atoms with Crippen molar-refractivity contribution in [2.75, 3.05) is 51.3 Å². The normalized spacial score (nSPS) is 14.3. The first kappa shape index (κ1) is 22.4. The van der Waals surface area contributed by atoms with Crippen LogP contribution in [-0.4, -0.2) is 62.2 Å². The second-order valence-electron chi connectivity index (χ2n) is 8.33. The van der Waals surface area contributed by atoms with Gasteiger partial charge in [0.2, 0.25) is 0 Å². The molecule has 0 bridgehead atoms. The van der Waals surface area contributed by atoms with E-state index in [9.17, 15) is 4.79 Å². The summed E-state index contributed by atoms with van der Waals surface area (Å²) in [5.41, 5.74) is 3.58. The number of fused-ring (bicyclic) bond motifs is 1. The molecule has 174 valence electrons. The second kappa shape index (κ2) is 10.2. The highest BCUT2D eigenvalue weighted by atomic mass is 32.1. The summed E-state index contributed by atoms with van der Waals surface area (Å²) in [6.07, 6.45) is 0. The summed E-state index contributed by atoms with van der Waals surface area (Å²) in [7, 11) is 1.69. The Bertz CT molecular complexity index is 1250. The molecule has 1 amide bonds. The third kappa shape index (κ3) is 4.90. The van der Waals surface area contributed by atoms with Gasteiger partial charge in [-0.05, 0) is 47.8 Å². The Morgan fingerprint density at radius 1 is 1.03 bits per heavy atom. The summed E-state index contributed by atoms with van der Waals surface area (Å²) in [6, 6.07) is 22.0. The molecular formula is C27H28N4O2S. The van der Waals surface area contributed by atoms with E-state index in [1.165, 1.54) is 5.69 Å². The zero-order valence-corrected chi connectivity index (χ0v) is 20.1. The highest BCUT2D eigenvalue weighted by Crippen LogP contribution is 2.28. The van der Waals surface area contributed by atoms with Crippen molar-refractivity contribution in [3.63, 3.8) is 0 Å². The van der Waals surface area contributed by atoms with Crippen molar-refractivity contribution in [1.82, 2.24) is 15.2 Å². The molecule has 6 nitrogen and oxygen atoms in total. The van der Waals surface area contributed by atoms with Crippen molar-refractivity contribution in [2.24, 2.45) is 0 Å². The summed E-state index contributed by atoms with van der Waals surface area (Å²) >= 11 is 1.63. The van der Waals surface area contributed by atoms with Crippen LogP contribution in [0.4, 0.5) is 5.69 Å². The van der Waals surface area contributed by atoms with Gasteiger partial charge in [0.15, 0.2) is 0 Å². The summed E-state index contributed by atoms with van der Waals surface area (Å²) < 4.78 is 5.25. The highest BCUT2D eigenvalue weighted by Gasteiger charge is 2.18. The van der Waals surface area contributed by atoms with Crippen LogP contribution < -0.4 is 15.0 Å². The molecule has 7 heteroatoms. The number of benzene rings is 2. The lowest BCUT2D eigenvalue weighted by atomic mass is 10.1. The Balaban J connectivity index is 1.18. The van der Waals surface area contributed by atoms with Crippen LogP contribution in [0.1, 0.15) is 10.4 Å². The Morgan fingerprint density at radius 3 is 2.56 bits per heavy atom. The fraction of sp³-hybridized carbons (Fsp3) is 0.259. The molecule has 1 N–H and O–H groups in total. The van der Waals surface area contributed by atoms with Gasteiger partial charge in [-0.25, -0.2) is 4.98 Å². The first-order chi connectivity index (χ1) is 16.7. The number of para-hydroxylation sites is 1. The van der Waals surface area contributed by atoms with E-state index in [2.05, 4.69) is 27.2 Å². The fourth-order valence-corrected chi connectivity index (χ4v) is 5.05. The lowest BCUT2D eigenvalue weighted by Gasteiger charge is -2.36. The third-order valence-electron chi connectivity index (χ3n) is 6.26. The Hall–Kier alpha value is -3.42. The Morgan fingerprint density at radius 2 is 1.82 bits per heavy atom. The van der Waals surface area contributed by atoms with E-state index >= 15 is 0 Å². The number of anilines is 1. The minimum absolute atomic E-state index is 0.0479. The van der Waals surface area contributed by atoms with Gasteiger partial charge >= 0.3 is 0 Å². The van der Waals surface area contributed by atoms with Gasteiger partial charge in [0.25, 0.3) is 5.91 Å². The molecule has 34 heavy (non-hydrogen) atoms. The van der Waals surface area contributed by atoms with Crippen molar-refractivity contribution in [3.05, 3.63) is 77.7 Å². The van der Waals surface area contributed by atoms with Crippen LogP contribution in [0.3, 0.4) is 0 Å². The number of aromatic nitrogens is 1. The molecule has 0 spiro atoms. The van der Waals surface area contributed by atoms with Gasteiger partial charge in [-0.3, -0.25) is 9.69 Å². The van der Waals surface area contributed by atoms with Crippen LogP contribution in [-0.2, 0) is 0 Å². The van der Waals surface area contributed by atoms with Gasteiger partial charge in [0, 0.05) is 50.3 Å². The van der Waals surface area contributed by atoms with E-state index in [1.54, 1.807) is 18.4 Å². The number of methoxy groups -OCH3 is 1. The van der Waals surface area contributed by atoms with Crippen molar-refractivity contribution >= 4 is 33.8 Å². The molecule has 1 saturated heterocycles. The molecule has 1 aliphatic rings. The second-order valence-corrected chi connectivity index (χ2v) is 9.28. The van der Waals surface area contributed by atoms with E-state index in [0.29, 0.717) is 12.1 Å². The van der Waals surface area contributed by atoms with Gasteiger partial charge in [0.05, 0.1) is 28.8 Å². The molecule has 0 radical (unpaired) electrons. The molecular weight excluding hydrogens is 444 g/mol. The Labute approximate surface area is 203 Å². The SMILES string of the molecule is COc1ccc(N2CCN(CCNC(=O)c3cc(-c4cccs4)nc4ccccc34)CC2)cc1. The van der Waals surface area contributed by atoms with E-state index in [1.807, 2.05) is 60.0 Å². The van der Waals surface area contributed by atoms with E-state index < -0.39 is 0 Å². The maximum absolute atomic E-state index is 13.1. The molecule has 0 atom stereocenters. The lowest BCUT2D eigenvalue weighted by Crippen LogP contribution is -2.48. The molecule has 2 aromatic heterocycles. The predicted molar refractivity (Wildman–Crippen MR) is 139 cm³/mol. The topological polar surface area (TPSA) is 57.7 Å². The molecule has 0 unspecified atom stereocenters. The number of pyridine rings is 1. The predicted octanol–water partition coefficient (Wildman–Crippen LogP) is 4.52. The van der Waals surface area contributed by atoms with Crippen LogP contribution in [0.2, 0.25) is 0 Å². The number of nitrogens with zero attached hydrogens (tertiary/aromatic N) is 3. The molecule has 5 rings (SSSR count). The molecule has 4 aromatic rings. The fourth-order valence-electron chi connectivity index (χ4n) is 4.36. The first-order valence-corrected chi connectivity index (χ1v) is 12.4. The van der Waals surface area contributed by atoms with Crippen LogP contribution in [0, 0.1) is 0 Å². The zero-order chi connectivity index (χ0) is 23.3. The number of hydrogen-bond acceptors (Lipinski definition) is 6. The van der Waals surface area contributed by atoms with E-state index in [4.69, 9.17) is 9.72 Å². The van der Waals surface area contributed by atoms with E-state index in [-0.39, 0.29) is 5.91 Å². The standard InChI is InChI=1S/C27H28N4O2S/c1-33-21-10-8-20(9-11-21)31-16-14-30(15-17-31)13-12-28-27(32)23-19-25(26-7-4-18-34-26)29-24-6-3-2-5-22(23)24/h2-11,18-19H,12-17H2,1H3,(H,28,32). The van der Waals surface area contributed by atoms with Gasteiger partial charge < -0.3 is 15.0 Å². The van der Waals surface area contributed by atoms with Crippen LogP contribution in [0.25, 0.3) is 21.5 Å². The number of thiophene rings is 1. The number of nitrogens with one attached hydrogen (secondary N) is 1. The van der Waals surface area contributed by atoms with E-state index in [0.717, 1.165) is 59.9 Å². The summed E-state index contributed by atoms with van der Waals surface area (Å²) in [4.78, 5) is 23.8. The number of carbonyl (C=O) groups excluding carboxylic acids is 1. The van der Waals surface area contributed by atoms with Crippen LogP contribution in [0.15, 0.2) is 72.1 Å². The quantitative estimate of drug-likeness (QED) is 0.429. The average Bonchev–Trinajstić information content (AvgIpc) is 3.44. The number of amides is 1. The lowest BCUT2D eigenvalue weighted by molar-refractivity contribution is 0.0949. The number of hydrogen-bond donors (Lipinski definition) is 1. The summed E-state index contributed by atoms with van der Waals surface area (Å²) in [5, 5.41) is 6.04. The van der Waals surface area contributed by atoms with Gasteiger partial charge in [-0.2, -0.15) is 0 Å². The van der Waals surface area contributed by atoms with Crippen molar-refractivity contribution in [1.29, 1.82) is 0 Å². The van der Waals surface area contributed by atoms with Gasteiger partial charge in [-0.15, -0.1) is 11.3 Å². The van der Waals surface area contributed by atoms with Crippen molar-refractivity contribution < 1.29 is 9.53 Å². The molecule has 2 aromatic carbocycles. The highest BCUT2D eigenvalue weighted by molar-refractivity contribution is 7.13. The zero-order valence-electron chi connectivity index (χ0n) is 19.2. The molecule has 0 saturated carbocycles. The number of rotatable bonds is 7. The first-order valence-electron chi connectivity index (χ1n) is 11.5. The number of carbonyl (C=O) groups is 1. The maximum Gasteiger partial charge on any atom is 0.252 e. The summed E-state index contributed by atoms with van der Waals surface area (Å²) in [6.45, 7) is 5.35. The van der Waals surface area contributed by atoms with Gasteiger partial charge in [0.1, 0.15) is 5.75 Å². The van der Waals surface area contributed by atoms with Crippen LogP contribution in [0.5, 0.6) is 5.75 Å². The maximum atomic E-state index is 13.1.